The minimum atomic E-state index is -0.305. The lowest BCUT2D eigenvalue weighted by Crippen LogP contribution is -2.29. The number of halogens is 1. The number of nitrogens with zero attached hydrogens (tertiary/aromatic N) is 2. The van der Waals surface area contributed by atoms with E-state index >= 15 is 0 Å². The molecule has 0 aliphatic carbocycles. The monoisotopic (exact) mass is 288 g/mol. The first kappa shape index (κ1) is 15.9. The Morgan fingerprint density at radius 2 is 2.21 bits per heavy atom. The Hall–Kier alpha value is -1.11. The molecule has 0 aliphatic heterocycles. The zero-order chi connectivity index (χ0) is 14.3. The predicted octanol–water partition coefficient (Wildman–Crippen LogP) is 0.953. The largest absolute Gasteiger partial charge is 0.383 e. The summed E-state index contributed by atoms with van der Waals surface area (Å²) in [6.45, 7) is 6.44. The normalized spacial score (nSPS) is 11.0. The van der Waals surface area contributed by atoms with Gasteiger partial charge in [0.25, 0.3) is 5.56 Å². The van der Waals surface area contributed by atoms with E-state index in [-0.39, 0.29) is 10.6 Å². The summed E-state index contributed by atoms with van der Waals surface area (Å²) in [5, 5.41) is 10.6. The molecule has 0 saturated carbocycles. The second-order valence-corrected chi connectivity index (χ2v) is 4.81. The third-order valence-electron chi connectivity index (χ3n) is 2.49. The predicted molar refractivity (Wildman–Crippen MR) is 77.0 cm³/mol. The SMILES string of the molecule is COCCn1ncc(NCCNC(C)C)c(Cl)c1=O. The highest BCUT2D eigenvalue weighted by molar-refractivity contribution is 6.32. The van der Waals surface area contributed by atoms with Gasteiger partial charge in [0.05, 0.1) is 25.0 Å². The van der Waals surface area contributed by atoms with Crippen molar-refractivity contribution in [3.8, 4) is 0 Å². The van der Waals surface area contributed by atoms with Gasteiger partial charge in [-0.1, -0.05) is 25.4 Å². The van der Waals surface area contributed by atoms with Gasteiger partial charge in [-0.05, 0) is 0 Å². The van der Waals surface area contributed by atoms with Gasteiger partial charge in [-0.3, -0.25) is 4.79 Å². The number of aromatic nitrogens is 2. The van der Waals surface area contributed by atoms with Crippen LogP contribution >= 0.6 is 11.6 Å². The average molecular weight is 289 g/mol. The summed E-state index contributed by atoms with van der Waals surface area (Å²) >= 11 is 6.02. The molecule has 0 unspecified atom stereocenters. The fourth-order valence-electron chi connectivity index (χ4n) is 1.48. The fraction of sp³-hybridized carbons (Fsp3) is 0.667. The summed E-state index contributed by atoms with van der Waals surface area (Å²) in [5.41, 5.74) is 0.256. The van der Waals surface area contributed by atoms with Crippen LogP contribution in [0.1, 0.15) is 13.8 Å². The van der Waals surface area contributed by atoms with Crippen molar-refractivity contribution in [2.75, 3.05) is 32.1 Å². The van der Waals surface area contributed by atoms with Crippen molar-refractivity contribution in [1.82, 2.24) is 15.1 Å². The van der Waals surface area contributed by atoms with E-state index < -0.39 is 0 Å². The number of nitrogens with one attached hydrogen (secondary N) is 2. The highest BCUT2D eigenvalue weighted by atomic mass is 35.5. The molecule has 0 amide bonds. The van der Waals surface area contributed by atoms with E-state index in [0.29, 0.717) is 31.4 Å². The van der Waals surface area contributed by atoms with Crippen LogP contribution in [0.4, 0.5) is 5.69 Å². The van der Waals surface area contributed by atoms with Crippen LogP contribution in [0.15, 0.2) is 11.0 Å². The molecule has 0 aromatic carbocycles. The van der Waals surface area contributed by atoms with Gasteiger partial charge < -0.3 is 15.4 Å². The molecule has 0 radical (unpaired) electrons. The zero-order valence-corrected chi connectivity index (χ0v) is 12.3. The topological polar surface area (TPSA) is 68.2 Å². The van der Waals surface area contributed by atoms with Crippen LogP contribution < -0.4 is 16.2 Å². The van der Waals surface area contributed by atoms with Crippen LogP contribution in [-0.4, -0.2) is 42.6 Å². The second kappa shape index (κ2) is 8.14. The average Bonchev–Trinajstić information content (AvgIpc) is 2.38. The van der Waals surface area contributed by atoms with Gasteiger partial charge >= 0.3 is 0 Å². The summed E-state index contributed by atoms with van der Waals surface area (Å²) in [6.07, 6.45) is 1.56. The number of methoxy groups -OCH3 is 1. The third-order valence-corrected chi connectivity index (χ3v) is 2.85. The molecule has 6 nitrogen and oxygen atoms in total. The van der Waals surface area contributed by atoms with Crippen molar-refractivity contribution in [1.29, 1.82) is 0 Å². The maximum atomic E-state index is 11.9. The number of ether oxygens (including phenoxy) is 1. The summed E-state index contributed by atoms with van der Waals surface area (Å²) in [5.74, 6) is 0. The van der Waals surface area contributed by atoms with Gasteiger partial charge in [-0.15, -0.1) is 0 Å². The molecule has 19 heavy (non-hydrogen) atoms. The molecule has 1 aromatic rings. The van der Waals surface area contributed by atoms with Gasteiger partial charge in [-0.25, -0.2) is 4.68 Å². The molecule has 108 valence electrons. The Morgan fingerprint density at radius 3 is 2.84 bits per heavy atom. The summed E-state index contributed by atoms with van der Waals surface area (Å²) < 4.78 is 6.20. The van der Waals surface area contributed by atoms with E-state index in [4.69, 9.17) is 16.3 Å². The van der Waals surface area contributed by atoms with Crippen molar-refractivity contribution in [2.45, 2.75) is 26.4 Å². The van der Waals surface area contributed by atoms with Gasteiger partial charge in [-0.2, -0.15) is 5.10 Å². The minimum absolute atomic E-state index is 0.163. The van der Waals surface area contributed by atoms with Gasteiger partial charge in [0.1, 0.15) is 5.02 Å². The molecule has 2 N–H and O–H groups in total. The van der Waals surface area contributed by atoms with Crippen LogP contribution in [0.25, 0.3) is 0 Å². The standard InChI is InChI=1S/C12H21ClN4O2/c1-9(2)14-4-5-15-10-8-16-17(6-7-19-3)12(18)11(10)13/h8-9,14-15H,4-7H2,1-3H3. The molecule has 0 spiro atoms. The lowest BCUT2D eigenvalue weighted by molar-refractivity contribution is 0.182. The van der Waals surface area contributed by atoms with Gasteiger partial charge in [0, 0.05) is 26.2 Å². The first-order valence-electron chi connectivity index (χ1n) is 6.28. The number of hydrogen-bond acceptors (Lipinski definition) is 5. The lowest BCUT2D eigenvalue weighted by Gasteiger charge is -2.11. The molecule has 0 atom stereocenters. The quantitative estimate of drug-likeness (QED) is 0.697. The molecule has 7 heteroatoms. The Balaban J connectivity index is 2.61. The van der Waals surface area contributed by atoms with Crippen LogP contribution in [-0.2, 0) is 11.3 Å². The molecule has 0 saturated heterocycles. The summed E-state index contributed by atoms with van der Waals surface area (Å²) in [6, 6.07) is 0.428. The van der Waals surface area contributed by atoms with Crippen LogP contribution in [0.5, 0.6) is 0 Å². The van der Waals surface area contributed by atoms with E-state index in [0.717, 1.165) is 6.54 Å². The molecule has 0 aliphatic rings. The van der Waals surface area contributed by atoms with Crippen LogP contribution in [0.3, 0.4) is 0 Å². The molecule has 0 fully saturated rings. The van der Waals surface area contributed by atoms with Crippen molar-refractivity contribution < 1.29 is 4.74 Å². The van der Waals surface area contributed by atoms with Crippen LogP contribution in [0, 0.1) is 0 Å². The first-order chi connectivity index (χ1) is 9.06. The Kier molecular flexibility index (Phi) is 6.83. The van der Waals surface area contributed by atoms with Gasteiger partial charge in [0.2, 0.25) is 0 Å². The molecule has 1 rings (SSSR count). The Bertz CT molecular complexity index is 448. The Morgan fingerprint density at radius 1 is 1.47 bits per heavy atom. The maximum absolute atomic E-state index is 11.9. The van der Waals surface area contributed by atoms with E-state index in [2.05, 4.69) is 29.6 Å². The maximum Gasteiger partial charge on any atom is 0.287 e. The number of hydrogen-bond donors (Lipinski definition) is 2. The molecule has 1 heterocycles. The molecular formula is C12H21ClN4O2. The lowest BCUT2D eigenvalue weighted by atomic mass is 10.4. The fourth-order valence-corrected chi connectivity index (χ4v) is 1.70. The smallest absolute Gasteiger partial charge is 0.287 e. The molecule has 0 bridgehead atoms. The van der Waals surface area contributed by atoms with E-state index in [1.807, 2.05) is 0 Å². The summed E-state index contributed by atoms with van der Waals surface area (Å²) in [7, 11) is 1.57. The first-order valence-corrected chi connectivity index (χ1v) is 6.66. The number of anilines is 1. The molecule has 1 aromatic heterocycles. The van der Waals surface area contributed by atoms with Crippen molar-refractivity contribution in [2.24, 2.45) is 0 Å². The van der Waals surface area contributed by atoms with Gasteiger partial charge in [0.15, 0.2) is 0 Å². The minimum Gasteiger partial charge on any atom is -0.383 e. The van der Waals surface area contributed by atoms with Crippen LogP contribution in [0.2, 0.25) is 5.02 Å². The van der Waals surface area contributed by atoms with Crippen molar-refractivity contribution in [3.05, 3.63) is 21.6 Å². The Labute approximate surface area is 118 Å². The highest BCUT2D eigenvalue weighted by Crippen LogP contribution is 2.14. The zero-order valence-electron chi connectivity index (χ0n) is 11.6. The number of rotatable bonds is 8. The van der Waals surface area contributed by atoms with E-state index in [9.17, 15) is 4.79 Å². The van der Waals surface area contributed by atoms with E-state index in [1.54, 1.807) is 13.3 Å². The van der Waals surface area contributed by atoms with Crippen molar-refractivity contribution in [3.63, 3.8) is 0 Å². The highest BCUT2D eigenvalue weighted by Gasteiger charge is 2.08. The summed E-state index contributed by atoms with van der Waals surface area (Å²) in [4.78, 5) is 11.9. The van der Waals surface area contributed by atoms with Crippen molar-refractivity contribution >= 4 is 17.3 Å². The molecular weight excluding hydrogens is 268 g/mol. The third kappa shape index (κ3) is 5.18. The second-order valence-electron chi connectivity index (χ2n) is 4.43. The van der Waals surface area contributed by atoms with E-state index in [1.165, 1.54) is 4.68 Å².